The first-order valence-electron chi connectivity index (χ1n) is 5.80. The molecule has 1 N–H and O–H groups in total. The lowest BCUT2D eigenvalue weighted by Crippen LogP contribution is -2.05. The Bertz CT molecular complexity index is 599. The van der Waals surface area contributed by atoms with Crippen LogP contribution in [0.4, 0.5) is 4.39 Å². The van der Waals surface area contributed by atoms with Gasteiger partial charge in [-0.15, -0.1) is 0 Å². The maximum absolute atomic E-state index is 13.8. The molecule has 100 valence electrons. The number of halogens is 2. The fourth-order valence-corrected chi connectivity index (χ4v) is 2.31. The van der Waals surface area contributed by atoms with Gasteiger partial charge in [0, 0.05) is 15.6 Å². The van der Waals surface area contributed by atoms with Crippen LogP contribution >= 0.6 is 15.9 Å². The molecule has 1 unspecified atom stereocenters. The molecule has 0 aromatic heterocycles. The molecule has 2 rings (SSSR count). The SMILES string of the molecule is COc1cc(C)ccc1C(O)c1cc(Br)ccc1F. The summed E-state index contributed by atoms with van der Waals surface area (Å²) in [5.74, 6) is 0.102. The zero-order chi connectivity index (χ0) is 14.0. The summed E-state index contributed by atoms with van der Waals surface area (Å²) in [7, 11) is 1.53. The minimum atomic E-state index is -1.06. The number of ether oxygens (including phenoxy) is 1. The Labute approximate surface area is 120 Å². The standard InChI is InChI=1S/C15H14BrFO2/c1-9-3-5-11(14(7-9)19-2)15(18)12-8-10(16)4-6-13(12)17/h3-8,15,18H,1-2H3. The molecule has 0 saturated carbocycles. The van der Waals surface area contributed by atoms with Crippen molar-refractivity contribution in [3.63, 3.8) is 0 Å². The number of aryl methyl sites for hydroxylation is 1. The molecule has 0 heterocycles. The van der Waals surface area contributed by atoms with Crippen molar-refractivity contribution in [3.05, 3.63) is 63.4 Å². The average molecular weight is 325 g/mol. The summed E-state index contributed by atoms with van der Waals surface area (Å²) < 4.78 is 19.8. The van der Waals surface area contributed by atoms with Gasteiger partial charge in [-0.1, -0.05) is 28.1 Å². The number of rotatable bonds is 3. The maximum Gasteiger partial charge on any atom is 0.129 e. The van der Waals surface area contributed by atoms with Gasteiger partial charge in [-0.3, -0.25) is 0 Å². The molecule has 0 aliphatic carbocycles. The summed E-state index contributed by atoms with van der Waals surface area (Å²) in [5, 5.41) is 10.4. The summed E-state index contributed by atoms with van der Waals surface area (Å²) in [4.78, 5) is 0. The van der Waals surface area contributed by atoms with Gasteiger partial charge in [0.25, 0.3) is 0 Å². The van der Waals surface area contributed by atoms with Crippen molar-refractivity contribution in [2.75, 3.05) is 7.11 Å². The topological polar surface area (TPSA) is 29.5 Å². The smallest absolute Gasteiger partial charge is 0.129 e. The second-order valence-corrected chi connectivity index (χ2v) is 5.23. The minimum absolute atomic E-state index is 0.219. The second kappa shape index (κ2) is 5.72. The first-order valence-corrected chi connectivity index (χ1v) is 6.59. The number of aliphatic hydroxyl groups is 1. The molecular weight excluding hydrogens is 311 g/mol. The normalized spacial score (nSPS) is 12.3. The van der Waals surface area contributed by atoms with Crippen LogP contribution in [0.3, 0.4) is 0 Å². The van der Waals surface area contributed by atoms with Gasteiger partial charge in [-0.2, -0.15) is 0 Å². The van der Waals surface area contributed by atoms with E-state index < -0.39 is 11.9 Å². The lowest BCUT2D eigenvalue weighted by molar-refractivity contribution is 0.209. The lowest BCUT2D eigenvalue weighted by Gasteiger charge is -2.16. The first kappa shape index (κ1) is 14.0. The van der Waals surface area contributed by atoms with Gasteiger partial charge in [-0.25, -0.2) is 4.39 Å². The van der Waals surface area contributed by atoms with Crippen LogP contribution in [-0.4, -0.2) is 12.2 Å². The zero-order valence-corrected chi connectivity index (χ0v) is 12.2. The molecule has 4 heteroatoms. The van der Waals surface area contributed by atoms with E-state index in [4.69, 9.17) is 4.74 Å². The van der Waals surface area contributed by atoms with Crippen molar-refractivity contribution in [2.24, 2.45) is 0 Å². The van der Waals surface area contributed by atoms with E-state index in [0.717, 1.165) is 5.56 Å². The van der Waals surface area contributed by atoms with E-state index in [1.54, 1.807) is 18.2 Å². The van der Waals surface area contributed by atoms with E-state index in [1.165, 1.54) is 13.2 Å². The highest BCUT2D eigenvalue weighted by Crippen LogP contribution is 2.33. The molecule has 2 aromatic carbocycles. The first-order chi connectivity index (χ1) is 9.02. The summed E-state index contributed by atoms with van der Waals surface area (Å²) in [6.45, 7) is 1.93. The van der Waals surface area contributed by atoms with Crippen molar-refractivity contribution < 1.29 is 14.2 Å². The fraction of sp³-hybridized carbons (Fsp3) is 0.200. The Morgan fingerprint density at radius 2 is 1.89 bits per heavy atom. The summed E-state index contributed by atoms with van der Waals surface area (Å²) in [6, 6.07) is 9.91. The number of methoxy groups -OCH3 is 1. The van der Waals surface area contributed by atoms with E-state index in [0.29, 0.717) is 15.8 Å². The Balaban J connectivity index is 2.49. The fourth-order valence-electron chi connectivity index (χ4n) is 1.94. The molecular formula is C15H14BrFO2. The highest BCUT2D eigenvalue weighted by molar-refractivity contribution is 9.10. The third-order valence-corrected chi connectivity index (χ3v) is 3.43. The molecule has 0 radical (unpaired) electrons. The van der Waals surface area contributed by atoms with E-state index in [2.05, 4.69) is 15.9 Å². The molecule has 2 nitrogen and oxygen atoms in total. The Kier molecular flexibility index (Phi) is 4.22. The van der Waals surface area contributed by atoms with Crippen LogP contribution in [0.5, 0.6) is 5.75 Å². The van der Waals surface area contributed by atoms with Gasteiger partial charge in [0.15, 0.2) is 0 Å². The lowest BCUT2D eigenvalue weighted by atomic mass is 9.99. The van der Waals surface area contributed by atoms with E-state index in [-0.39, 0.29) is 5.56 Å². The van der Waals surface area contributed by atoms with Gasteiger partial charge in [-0.05, 0) is 36.8 Å². The van der Waals surface area contributed by atoms with Crippen LogP contribution in [-0.2, 0) is 0 Å². The van der Waals surface area contributed by atoms with Crippen molar-refractivity contribution >= 4 is 15.9 Å². The van der Waals surface area contributed by atoms with Gasteiger partial charge in [0.1, 0.15) is 17.7 Å². The summed E-state index contributed by atoms with van der Waals surface area (Å²) in [5.41, 5.74) is 1.78. The second-order valence-electron chi connectivity index (χ2n) is 4.31. The molecule has 0 fully saturated rings. The molecule has 19 heavy (non-hydrogen) atoms. The predicted molar refractivity (Wildman–Crippen MR) is 75.9 cm³/mol. The largest absolute Gasteiger partial charge is 0.496 e. The predicted octanol–water partition coefficient (Wildman–Crippen LogP) is 3.99. The molecule has 0 aliphatic heterocycles. The highest BCUT2D eigenvalue weighted by atomic mass is 79.9. The molecule has 0 saturated heterocycles. The van der Waals surface area contributed by atoms with Crippen LogP contribution in [0.15, 0.2) is 40.9 Å². The highest BCUT2D eigenvalue weighted by Gasteiger charge is 2.19. The van der Waals surface area contributed by atoms with Gasteiger partial charge in [0.05, 0.1) is 7.11 Å². The van der Waals surface area contributed by atoms with Crippen LogP contribution in [0, 0.1) is 12.7 Å². The third-order valence-electron chi connectivity index (χ3n) is 2.94. The van der Waals surface area contributed by atoms with Gasteiger partial charge < -0.3 is 9.84 Å². The van der Waals surface area contributed by atoms with Crippen molar-refractivity contribution in [3.8, 4) is 5.75 Å². The quantitative estimate of drug-likeness (QED) is 0.925. The minimum Gasteiger partial charge on any atom is -0.496 e. The average Bonchev–Trinajstić information content (AvgIpc) is 2.40. The van der Waals surface area contributed by atoms with Crippen LogP contribution in [0.25, 0.3) is 0 Å². The van der Waals surface area contributed by atoms with Crippen molar-refractivity contribution in [1.29, 1.82) is 0 Å². The molecule has 0 aliphatic rings. The molecule has 0 amide bonds. The van der Waals surface area contributed by atoms with E-state index >= 15 is 0 Å². The number of aliphatic hydroxyl groups excluding tert-OH is 1. The summed E-state index contributed by atoms with van der Waals surface area (Å²) >= 11 is 3.28. The van der Waals surface area contributed by atoms with Crippen molar-refractivity contribution in [1.82, 2.24) is 0 Å². The van der Waals surface area contributed by atoms with Crippen LogP contribution in [0.1, 0.15) is 22.8 Å². The Morgan fingerprint density at radius 3 is 2.58 bits per heavy atom. The maximum atomic E-state index is 13.8. The molecule has 0 spiro atoms. The van der Waals surface area contributed by atoms with Crippen molar-refractivity contribution in [2.45, 2.75) is 13.0 Å². The number of hydrogen-bond acceptors (Lipinski definition) is 2. The van der Waals surface area contributed by atoms with Crippen LogP contribution < -0.4 is 4.74 Å². The molecule has 2 aromatic rings. The Hall–Kier alpha value is -1.39. The molecule has 1 atom stereocenters. The summed E-state index contributed by atoms with van der Waals surface area (Å²) in [6.07, 6.45) is -1.06. The van der Waals surface area contributed by atoms with Gasteiger partial charge in [0.2, 0.25) is 0 Å². The van der Waals surface area contributed by atoms with Crippen LogP contribution in [0.2, 0.25) is 0 Å². The zero-order valence-electron chi connectivity index (χ0n) is 10.7. The Morgan fingerprint density at radius 1 is 1.16 bits per heavy atom. The van der Waals surface area contributed by atoms with E-state index in [9.17, 15) is 9.50 Å². The third kappa shape index (κ3) is 2.96. The van der Waals surface area contributed by atoms with E-state index in [1.807, 2.05) is 19.1 Å². The molecule has 0 bridgehead atoms. The number of hydrogen-bond donors (Lipinski definition) is 1. The monoisotopic (exact) mass is 324 g/mol. The number of benzene rings is 2. The van der Waals surface area contributed by atoms with Gasteiger partial charge >= 0.3 is 0 Å².